The van der Waals surface area contributed by atoms with Gasteiger partial charge in [-0.1, -0.05) is 32.4 Å². The Morgan fingerprint density at radius 3 is 2.61 bits per heavy atom. The van der Waals surface area contributed by atoms with Crippen LogP contribution in [0.3, 0.4) is 0 Å². The second-order valence-corrected chi connectivity index (χ2v) is 9.16. The number of nitrogens with one attached hydrogen (secondary N) is 1. The Morgan fingerprint density at radius 2 is 1.89 bits per heavy atom. The molecule has 3 aliphatic rings. The van der Waals surface area contributed by atoms with Crippen LogP contribution < -0.4 is 5.32 Å². The first-order chi connectivity index (χ1) is 13.6. The second-order valence-electron chi connectivity index (χ2n) is 9.16. The molecule has 1 N–H and O–H groups in total. The number of likely N-dealkylation sites (tertiary alicyclic amines) is 1. The number of nitrogens with zero attached hydrogens (tertiary/aromatic N) is 2. The first-order valence-electron chi connectivity index (χ1n) is 11.1. The topological polar surface area (TPSA) is 44.8 Å². The van der Waals surface area contributed by atoms with Gasteiger partial charge in [0.1, 0.15) is 0 Å². The van der Waals surface area contributed by atoms with E-state index in [2.05, 4.69) is 41.1 Å². The number of benzene rings is 1. The van der Waals surface area contributed by atoms with Gasteiger partial charge in [0.05, 0.1) is 12.7 Å². The molecule has 0 aliphatic carbocycles. The zero-order valence-corrected chi connectivity index (χ0v) is 17.4. The van der Waals surface area contributed by atoms with Gasteiger partial charge < -0.3 is 10.1 Å². The minimum Gasteiger partial charge on any atom is -0.375 e. The molecule has 0 aromatic heterocycles. The van der Waals surface area contributed by atoms with Crippen LogP contribution in [-0.4, -0.2) is 66.7 Å². The fraction of sp³-hybridized carbons (Fsp3) is 0.696. The minimum atomic E-state index is 0.0516. The largest absolute Gasteiger partial charge is 0.375 e. The SMILES string of the molecule is CC(C)[C@H]1CN2C[C@@H](NC(=O)c3ccc(CN4CCCCC4)cc3)C[C@H]2CO1. The number of piperidine rings is 1. The van der Waals surface area contributed by atoms with Crippen molar-refractivity contribution in [3.63, 3.8) is 0 Å². The Balaban J connectivity index is 1.28. The number of hydrogen-bond donors (Lipinski definition) is 1. The van der Waals surface area contributed by atoms with Gasteiger partial charge in [-0.15, -0.1) is 0 Å². The van der Waals surface area contributed by atoms with Crippen molar-refractivity contribution in [1.29, 1.82) is 0 Å². The molecule has 5 heteroatoms. The van der Waals surface area contributed by atoms with Crippen LogP contribution in [0.2, 0.25) is 0 Å². The van der Waals surface area contributed by atoms with Crippen molar-refractivity contribution in [2.75, 3.05) is 32.8 Å². The molecule has 0 saturated carbocycles. The zero-order chi connectivity index (χ0) is 19.5. The van der Waals surface area contributed by atoms with Crippen LogP contribution in [-0.2, 0) is 11.3 Å². The van der Waals surface area contributed by atoms with Crippen molar-refractivity contribution in [3.05, 3.63) is 35.4 Å². The van der Waals surface area contributed by atoms with Crippen molar-refractivity contribution in [2.24, 2.45) is 5.92 Å². The van der Waals surface area contributed by atoms with Gasteiger partial charge in [0, 0.05) is 37.3 Å². The minimum absolute atomic E-state index is 0.0516. The third-order valence-electron chi connectivity index (χ3n) is 6.59. The number of carbonyl (C=O) groups excluding carboxylic acids is 1. The Kier molecular flexibility index (Phi) is 6.34. The molecule has 0 bridgehead atoms. The Hall–Kier alpha value is -1.43. The molecule has 3 heterocycles. The number of carbonyl (C=O) groups is 1. The average molecular weight is 386 g/mol. The maximum Gasteiger partial charge on any atom is 0.251 e. The van der Waals surface area contributed by atoms with E-state index >= 15 is 0 Å². The molecule has 0 radical (unpaired) electrons. The zero-order valence-electron chi connectivity index (χ0n) is 17.4. The summed E-state index contributed by atoms with van der Waals surface area (Å²) in [5.74, 6) is 0.591. The lowest BCUT2D eigenvalue weighted by Crippen LogP contribution is -2.48. The lowest BCUT2D eigenvalue weighted by Gasteiger charge is -2.36. The monoisotopic (exact) mass is 385 g/mol. The maximum atomic E-state index is 12.7. The smallest absolute Gasteiger partial charge is 0.251 e. The van der Waals surface area contributed by atoms with Gasteiger partial charge in [-0.25, -0.2) is 0 Å². The first kappa shape index (κ1) is 19.9. The Labute approximate surface area is 169 Å². The van der Waals surface area contributed by atoms with Gasteiger partial charge >= 0.3 is 0 Å². The summed E-state index contributed by atoms with van der Waals surface area (Å²) in [4.78, 5) is 17.7. The standard InChI is InChI=1S/C23H35N3O2/c1-17(2)22-15-26-14-20(12-21(26)16-28-22)24-23(27)19-8-6-18(7-9-19)13-25-10-4-3-5-11-25/h6-9,17,20-22H,3-5,10-16H2,1-2H3,(H,24,27)/t20-,21-,22+/m0/s1. The van der Waals surface area contributed by atoms with Gasteiger partial charge in [-0.2, -0.15) is 0 Å². The van der Waals surface area contributed by atoms with E-state index in [0.717, 1.165) is 38.2 Å². The highest BCUT2D eigenvalue weighted by Crippen LogP contribution is 2.26. The van der Waals surface area contributed by atoms with E-state index in [1.807, 2.05) is 12.1 Å². The lowest BCUT2D eigenvalue weighted by atomic mass is 10.0. The van der Waals surface area contributed by atoms with Crippen LogP contribution in [0, 0.1) is 5.92 Å². The highest BCUT2D eigenvalue weighted by atomic mass is 16.5. The molecule has 0 unspecified atom stereocenters. The van der Waals surface area contributed by atoms with Gasteiger partial charge in [-0.3, -0.25) is 14.6 Å². The van der Waals surface area contributed by atoms with E-state index in [-0.39, 0.29) is 11.9 Å². The fourth-order valence-corrected chi connectivity index (χ4v) is 4.81. The second kappa shape index (κ2) is 8.93. The van der Waals surface area contributed by atoms with Crippen molar-refractivity contribution in [3.8, 4) is 0 Å². The molecule has 0 spiro atoms. The highest BCUT2D eigenvalue weighted by Gasteiger charge is 2.38. The molecule has 3 atom stereocenters. The van der Waals surface area contributed by atoms with Crippen molar-refractivity contribution >= 4 is 5.91 Å². The molecule has 1 aromatic carbocycles. The van der Waals surface area contributed by atoms with Crippen LogP contribution in [0.25, 0.3) is 0 Å². The molecule has 28 heavy (non-hydrogen) atoms. The van der Waals surface area contributed by atoms with E-state index in [0.29, 0.717) is 18.1 Å². The predicted molar refractivity (Wildman–Crippen MR) is 111 cm³/mol. The van der Waals surface area contributed by atoms with Crippen LogP contribution in [0.5, 0.6) is 0 Å². The molecule has 3 fully saturated rings. The number of hydrogen-bond acceptors (Lipinski definition) is 4. The van der Waals surface area contributed by atoms with Crippen molar-refractivity contribution in [1.82, 2.24) is 15.1 Å². The summed E-state index contributed by atoms with van der Waals surface area (Å²) in [6.07, 6.45) is 5.28. The number of ether oxygens (including phenoxy) is 1. The number of morpholine rings is 1. The molecule has 1 amide bonds. The Morgan fingerprint density at radius 1 is 1.14 bits per heavy atom. The third-order valence-corrected chi connectivity index (χ3v) is 6.59. The van der Waals surface area contributed by atoms with E-state index < -0.39 is 0 Å². The summed E-state index contributed by atoms with van der Waals surface area (Å²) < 4.78 is 6.01. The van der Waals surface area contributed by atoms with Gasteiger partial charge in [0.25, 0.3) is 5.91 Å². The fourth-order valence-electron chi connectivity index (χ4n) is 4.81. The molecule has 3 saturated heterocycles. The Bertz CT molecular complexity index is 654. The molecule has 5 nitrogen and oxygen atoms in total. The molecular weight excluding hydrogens is 350 g/mol. The van der Waals surface area contributed by atoms with Gasteiger partial charge in [0.2, 0.25) is 0 Å². The molecule has 154 valence electrons. The molecule has 4 rings (SSSR count). The summed E-state index contributed by atoms with van der Waals surface area (Å²) in [5, 5.41) is 3.25. The summed E-state index contributed by atoms with van der Waals surface area (Å²) in [6.45, 7) is 10.5. The summed E-state index contributed by atoms with van der Waals surface area (Å²) in [6, 6.07) is 8.86. The van der Waals surface area contributed by atoms with Gasteiger partial charge in [0.15, 0.2) is 0 Å². The number of rotatable bonds is 5. The molecular formula is C23H35N3O2. The normalized spacial score (nSPS) is 29.0. The highest BCUT2D eigenvalue weighted by molar-refractivity contribution is 5.94. The van der Waals surface area contributed by atoms with Crippen LogP contribution >= 0.6 is 0 Å². The lowest BCUT2D eigenvalue weighted by molar-refractivity contribution is -0.0683. The summed E-state index contributed by atoms with van der Waals surface area (Å²) in [5.41, 5.74) is 2.07. The maximum absolute atomic E-state index is 12.7. The van der Waals surface area contributed by atoms with Crippen LogP contribution in [0.1, 0.15) is 55.5 Å². The average Bonchev–Trinajstić information content (AvgIpc) is 3.10. The number of amides is 1. The van der Waals surface area contributed by atoms with E-state index in [4.69, 9.17) is 4.74 Å². The van der Waals surface area contributed by atoms with Gasteiger partial charge in [-0.05, 0) is 56.0 Å². The molecule has 1 aromatic rings. The summed E-state index contributed by atoms with van der Waals surface area (Å²) in [7, 11) is 0. The van der Waals surface area contributed by atoms with Crippen molar-refractivity contribution < 1.29 is 9.53 Å². The quantitative estimate of drug-likeness (QED) is 0.847. The summed E-state index contributed by atoms with van der Waals surface area (Å²) >= 11 is 0. The predicted octanol–water partition coefficient (Wildman–Crippen LogP) is 2.90. The van der Waals surface area contributed by atoms with E-state index in [1.54, 1.807) is 0 Å². The van der Waals surface area contributed by atoms with E-state index in [1.165, 1.54) is 37.9 Å². The van der Waals surface area contributed by atoms with Crippen LogP contribution in [0.4, 0.5) is 0 Å². The van der Waals surface area contributed by atoms with Crippen LogP contribution in [0.15, 0.2) is 24.3 Å². The third kappa shape index (κ3) is 4.76. The number of fused-ring (bicyclic) bond motifs is 1. The molecule has 3 aliphatic heterocycles. The van der Waals surface area contributed by atoms with Crippen molar-refractivity contribution in [2.45, 2.75) is 64.3 Å². The van der Waals surface area contributed by atoms with E-state index in [9.17, 15) is 4.79 Å². The first-order valence-corrected chi connectivity index (χ1v) is 11.1.